The number of rotatable bonds is 7. The zero-order valence-electron chi connectivity index (χ0n) is 9.43. The molecule has 0 saturated carbocycles. The molecule has 0 aromatic heterocycles. The van der Waals surface area contributed by atoms with Gasteiger partial charge in [0, 0.05) is 30.8 Å². The summed E-state index contributed by atoms with van der Waals surface area (Å²) in [6, 6.07) is 4.74. The maximum atomic E-state index is 13.3. The summed E-state index contributed by atoms with van der Waals surface area (Å²) in [5, 5.41) is 3.64. The van der Waals surface area contributed by atoms with Crippen LogP contribution in [0.4, 0.5) is 4.39 Å². The van der Waals surface area contributed by atoms with Gasteiger partial charge in [0.1, 0.15) is 5.82 Å². The molecular formula is C12H17ClFNO. The van der Waals surface area contributed by atoms with Crippen LogP contribution in [0.2, 0.25) is 5.02 Å². The zero-order valence-corrected chi connectivity index (χ0v) is 10.2. The molecule has 0 fully saturated rings. The third kappa shape index (κ3) is 4.47. The van der Waals surface area contributed by atoms with Crippen LogP contribution in [0, 0.1) is 5.82 Å². The fraction of sp³-hybridized carbons (Fsp3) is 0.500. The van der Waals surface area contributed by atoms with E-state index < -0.39 is 0 Å². The zero-order chi connectivity index (χ0) is 11.8. The first-order valence-electron chi connectivity index (χ1n) is 5.38. The molecule has 4 heteroatoms. The van der Waals surface area contributed by atoms with E-state index in [1.165, 1.54) is 6.07 Å². The van der Waals surface area contributed by atoms with Gasteiger partial charge in [-0.2, -0.15) is 0 Å². The highest BCUT2D eigenvalue weighted by Crippen LogP contribution is 2.18. The van der Waals surface area contributed by atoms with E-state index >= 15 is 0 Å². The lowest BCUT2D eigenvalue weighted by Gasteiger charge is -2.07. The van der Waals surface area contributed by atoms with Gasteiger partial charge in [0.25, 0.3) is 0 Å². The molecule has 1 N–H and O–H groups in total. The van der Waals surface area contributed by atoms with E-state index in [2.05, 4.69) is 5.32 Å². The molecule has 0 radical (unpaired) electrons. The number of hydrogen-bond donors (Lipinski definition) is 1. The summed E-state index contributed by atoms with van der Waals surface area (Å²) in [6.07, 6.45) is 2.02. The first-order valence-corrected chi connectivity index (χ1v) is 5.76. The molecule has 0 aliphatic heterocycles. The lowest BCUT2D eigenvalue weighted by atomic mass is 10.2. The van der Waals surface area contributed by atoms with Crippen molar-refractivity contribution in [3.8, 4) is 0 Å². The van der Waals surface area contributed by atoms with Crippen molar-refractivity contribution in [3.63, 3.8) is 0 Å². The van der Waals surface area contributed by atoms with Crippen molar-refractivity contribution in [2.24, 2.45) is 0 Å². The number of ether oxygens (including phenoxy) is 1. The highest BCUT2D eigenvalue weighted by atomic mass is 35.5. The van der Waals surface area contributed by atoms with Crippen molar-refractivity contribution in [1.29, 1.82) is 0 Å². The first kappa shape index (κ1) is 13.4. The molecule has 2 nitrogen and oxygen atoms in total. The molecule has 0 aliphatic carbocycles. The molecule has 90 valence electrons. The highest BCUT2D eigenvalue weighted by molar-refractivity contribution is 6.31. The van der Waals surface area contributed by atoms with E-state index in [1.807, 2.05) is 0 Å². The van der Waals surface area contributed by atoms with Crippen molar-refractivity contribution in [2.75, 3.05) is 20.3 Å². The van der Waals surface area contributed by atoms with Crippen LogP contribution in [0.25, 0.3) is 0 Å². The van der Waals surface area contributed by atoms with Gasteiger partial charge < -0.3 is 10.1 Å². The van der Waals surface area contributed by atoms with E-state index in [9.17, 15) is 4.39 Å². The van der Waals surface area contributed by atoms with Gasteiger partial charge in [-0.1, -0.05) is 17.7 Å². The quantitative estimate of drug-likeness (QED) is 0.746. The number of benzene rings is 1. The van der Waals surface area contributed by atoms with Gasteiger partial charge in [0.15, 0.2) is 0 Å². The standard InChI is InChI=1S/C12H17ClFNO/c1-16-8-3-2-7-15-9-10-11(13)5-4-6-12(10)14/h4-6,15H,2-3,7-9H2,1H3. The second kappa shape index (κ2) is 7.60. The Morgan fingerprint density at radius 1 is 1.38 bits per heavy atom. The number of methoxy groups -OCH3 is 1. The molecule has 0 bridgehead atoms. The second-order valence-corrected chi connectivity index (χ2v) is 3.98. The molecular weight excluding hydrogens is 229 g/mol. The van der Waals surface area contributed by atoms with Gasteiger partial charge in [0.2, 0.25) is 0 Å². The van der Waals surface area contributed by atoms with E-state index in [4.69, 9.17) is 16.3 Å². The van der Waals surface area contributed by atoms with Gasteiger partial charge in [-0.3, -0.25) is 0 Å². The maximum Gasteiger partial charge on any atom is 0.129 e. The topological polar surface area (TPSA) is 21.3 Å². The van der Waals surface area contributed by atoms with Crippen LogP contribution in [-0.2, 0) is 11.3 Å². The second-order valence-electron chi connectivity index (χ2n) is 3.58. The number of halogens is 2. The monoisotopic (exact) mass is 245 g/mol. The van der Waals surface area contributed by atoms with Crippen LogP contribution in [0.5, 0.6) is 0 Å². The predicted octanol–water partition coefficient (Wildman–Crippen LogP) is 3.00. The predicted molar refractivity (Wildman–Crippen MR) is 64.2 cm³/mol. The number of unbranched alkanes of at least 4 members (excludes halogenated alkanes) is 1. The average molecular weight is 246 g/mol. The smallest absolute Gasteiger partial charge is 0.129 e. The Bertz CT molecular complexity index is 300. The van der Waals surface area contributed by atoms with Gasteiger partial charge in [-0.05, 0) is 31.5 Å². The molecule has 0 heterocycles. The molecule has 0 spiro atoms. The third-order valence-electron chi connectivity index (χ3n) is 2.32. The molecule has 1 rings (SSSR count). The molecule has 0 amide bonds. The first-order chi connectivity index (χ1) is 7.75. The third-order valence-corrected chi connectivity index (χ3v) is 2.67. The van der Waals surface area contributed by atoms with Crippen molar-refractivity contribution in [1.82, 2.24) is 5.32 Å². The van der Waals surface area contributed by atoms with Gasteiger partial charge in [-0.15, -0.1) is 0 Å². The minimum atomic E-state index is -0.253. The molecule has 0 unspecified atom stereocenters. The van der Waals surface area contributed by atoms with E-state index in [-0.39, 0.29) is 5.82 Å². The van der Waals surface area contributed by atoms with Crippen molar-refractivity contribution in [3.05, 3.63) is 34.6 Å². The summed E-state index contributed by atoms with van der Waals surface area (Å²) in [4.78, 5) is 0. The Morgan fingerprint density at radius 3 is 2.88 bits per heavy atom. The highest BCUT2D eigenvalue weighted by Gasteiger charge is 2.05. The summed E-state index contributed by atoms with van der Waals surface area (Å²) in [5.74, 6) is -0.253. The molecule has 0 saturated heterocycles. The summed E-state index contributed by atoms with van der Waals surface area (Å²) < 4.78 is 18.3. The SMILES string of the molecule is COCCCCNCc1c(F)cccc1Cl. The molecule has 0 atom stereocenters. The minimum Gasteiger partial charge on any atom is -0.385 e. The molecule has 1 aromatic carbocycles. The molecule has 1 aromatic rings. The molecule has 16 heavy (non-hydrogen) atoms. The molecule has 0 aliphatic rings. The van der Waals surface area contributed by atoms with Crippen molar-refractivity contribution < 1.29 is 9.13 Å². The normalized spacial score (nSPS) is 10.7. The lowest BCUT2D eigenvalue weighted by molar-refractivity contribution is 0.192. The van der Waals surface area contributed by atoms with Crippen LogP contribution in [-0.4, -0.2) is 20.3 Å². The Labute approximate surface area is 101 Å². The van der Waals surface area contributed by atoms with E-state index in [1.54, 1.807) is 19.2 Å². The minimum absolute atomic E-state index is 0.253. The Kier molecular flexibility index (Phi) is 6.38. The Hall–Kier alpha value is -0.640. The fourth-order valence-corrected chi connectivity index (χ4v) is 1.64. The van der Waals surface area contributed by atoms with Crippen LogP contribution < -0.4 is 5.32 Å². The number of hydrogen-bond acceptors (Lipinski definition) is 2. The van der Waals surface area contributed by atoms with Crippen molar-refractivity contribution in [2.45, 2.75) is 19.4 Å². The summed E-state index contributed by atoms with van der Waals surface area (Å²) in [5.41, 5.74) is 0.538. The van der Waals surface area contributed by atoms with Crippen LogP contribution in [0.15, 0.2) is 18.2 Å². The Balaban J connectivity index is 2.26. The van der Waals surface area contributed by atoms with Crippen LogP contribution >= 0.6 is 11.6 Å². The van der Waals surface area contributed by atoms with E-state index in [0.29, 0.717) is 17.1 Å². The summed E-state index contributed by atoms with van der Waals surface area (Å²) in [7, 11) is 1.69. The summed E-state index contributed by atoms with van der Waals surface area (Å²) >= 11 is 5.89. The fourth-order valence-electron chi connectivity index (χ4n) is 1.41. The largest absolute Gasteiger partial charge is 0.385 e. The maximum absolute atomic E-state index is 13.3. The van der Waals surface area contributed by atoms with Gasteiger partial charge in [0.05, 0.1) is 0 Å². The number of nitrogens with one attached hydrogen (secondary N) is 1. The van der Waals surface area contributed by atoms with Gasteiger partial charge >= 0.3 is 0 Å². The summed E-state index contributed by atoms with van der Waals surface area (Å²) in [6.45, 7) is 2.08. The van der Waals surface area contributed by atoms with Crippen LogP contribution in [0.3, 0.4) is 0 Å². The Morgan fingerprint density at radius 2 is 2.19 bits per heavy atom. The lowest BCUT2D eigenvalue weighted by Crippen LogP contribution is -2.16. The van der Waals surface area contributed by atoms with Crippen LogP contribution in [0.1, 0.15) is 18.4 Å². The van der Waals surface area contributed by atoms with E-state index in [0.717, 1.165) is 26.0 Å². The van der Waals surface area contributed by atoms with Crippen molar-refractivity contribution >= 4 is 11.6 Å². The van der Waals surface area contributed by atoms with Gasteiger partial charge in [-0.25, -0.2) is 4.39 Å². The average Bonchev–Trinajstić information content (AvgIpc) is 2.26.